The summed E-state index contributed by atoms with van der Waals surface area (Å²) >= 11 is 0. The zero-order chi connectivity index (χ0) is 23.8. The van der Waals surface area contributed by atoms with Crippen LogP contribution < -0.4 is 20.7 Å². The number of hydrogen-bond acceptors (Lipinski definition) is 9. The van der Waals surface area contributed by atoms with Crippen molar-refractivity contribution in [3.8, 4) is 23.1 Å². The predicted molar refractivity (Wildman–Crippen MR) is 131 cm³/mol. The van der Waals surface area contributed by atoms with E-state index in [4.69, 9.17) is 10.5 Å². The number of nitrogens with two attached hydrogens (primary N) is 1. The smallest absolute Gasteiger partial charge is 0.227 e. The lowest BCUT2D eigenvalue weighted by Gasteiger charge is -2.44. The van der Waals surface area contributed by atoms with E-state index in [9.17, 15) is 5.26 Å². The van der Waals surface area contributed by atoms with Crippen LogP contribution in [0.25, 0.3) is 16.8 Å². The van der Waals surface area contributed by atoms with Crippen LogP contribution in [0.3, 0.4) is 0 Å². The predicted octanol–water partition coefficient (Wildman–Crippen LogP) is 2.75. The number of nitrogens with one attached hydrogen (secondary N) is 1. The molecule has 34 heavy (non-hydrogen) atoms. The normalized spacial score (nSPS) is 13.7. The van der Waals surface area contributed by atoms with Gasteiger partial charge in [0.1, 0.15) is 11.8 Å². The summed E-state index contributed by atoms with van der Waals surface area (Å²) in [5.41, 5.74) is 11.1. The molecule has 0 aliphatic carbocycles. The number of likely N-dealkylation sites (N-methyl/N-ethyl adjacent to an activating group) is 1. The molecule has 0 radical (unpaired) electrons. The van der Waals surface area contributed by atoms with E-state index in [1.807, 2.05) is 36.5 Å². The number of ether oxygens (including phenoxy) is 1. The van der Waals surface area contributed by atoms with Gasteiger partial charge in [0.05, 0.1) is 53.3 Å². The lowest BCUT2D eigenvalue weighted by atomic mass is 10.1. The molecule has 1 fully saturated rings. The van der Waals surface area contributed by atoms with E-state index in [0.717, 1.165) is 29.9 Å². The Hall–Kier alpha value is -4.36. The van der Waals surface area contributed by atoms with Crippen molar-refractivity contribution in [1.29, 1.82) is 5.26 Å². The Labute approximate surface area is 197 Å². The van der Waals surface area contributed by atoms with Gasteiger partial charge < -0.3 is 25.6 Å². The first-order chi connectivity index (χ1) is 16.5. The molecule has 0 spiro atoms. The van der Waals surface area contributed by atoms with E-state index in [1.165, 1.54) is 6.20 Å². The molecule has 0 saturated carbocycles. The van der Waals surface area contributed by atoms with Gasteiger partial charge in [0, 0.05) is 37.0 Å². The Morgan fingerprint density at radius 1 is 1.24 bits per heavy atom. The molecular formula is C24H25N9O. The summed E-state index contributed by atoms with van der Waals surface area (Å²) in [7, 11) is 5.78. The summed E-state index contributed by atoms with van der Waals surface area (Å²) in [5, 5.41) is 17.2. The van der Waals surface area contributed by atoms with Crippen LogP contribution in [0.15, 0.2) is 48.9 Å². The third-order valence-electron chi connectivity index (χ3n) is 6.12. The van der Waals surface area contributed by atoms with Crippen molar-refractivity contribution in [2.24, 2.45) is 0 Å². The number of pyridine rings is 1. The first-order valence-corrected chi connectivity index (χ1v) is 10.8. The van der Waals surface area contributed by atoms with E-state index in [1.54, 1.807) is 17.8 Å². The molecule has 1 saturated heterocycles. The molecule has 4 aromatic rings. The summed E-state index contributed by atoms with van der Waals surface area (Å²) in [5.74, 6) is 0.953. The summed E-state index contributed by atoms with van der Waals surface area (Å²) in [4.78, 5) is 13.4. The highest BCUT2D eigenvalue weighted by atomic mass is 16.5. The minimum Gasteiger partial charge on any atom is -0.494 e. The molecule has 0 amide bonds. The average molecular weight is 456 g/mol. The number of rotatable bonds is 6. The number of anilines is 4. The molecule has 172 valence electrons. The van der Waals surface area contributed by atoms with Gasteiger partial charge >= 0.3 is 0 Å². The third kappa shape index (κ3) is 3.72. The van der Waals surface area contributed by atoms with Crippen molar-refractivity contribution in [3.63, 3.8) is 0 Å². The van der Waals surface area contributed by atoms with Crippen molar-refractivity contribution >= 4 is 28.5 Å². The van der Waals surface area contributed by atoms with Crippen LogP contribution in [0.1, 0.15) is 5.56 Å². The van der Waals surface area contributed by atoms with Crippen LogP contribution in [0, 0.1) is 11.3 Å². The van der Waals surface area contributed by atoms with E-state index < -0.39 is 0 Å². The second kappa shape index (κ2) is 8.53. The van der Waals surface area contributed by atoms with Gasteiger partial charge in [0.2, 0.25) is 5.95 Å². The number of benzene rings is 1. The number of methoxy groups -OCH3 is 1. The van der Waals surface area contributed by atoms with Gasteiger partial charge in [0.15, 0.2) is 0 Å². The molecule has 10 heteroatoms. The van der Waals surface area contributed by atoms with Crippen LogP contribution in [0.5, 0.6) is 5.75 Å². The Bertz CT molecular complexity index is 1400. The highest BCUT2D eigenvalue weighted by Gasteiger charge is 2.30. The van der Waals surface area contributed by atoms with Crippen LogP contribution in [-0.4, -0.2) is 64.8 Å². The van der Waals surface area contributed by atoms with Gasteiger partial charge in [-0.1, -0.05) is 6.07 Å². The van der Waals surface area contributed by atoms with Crippen LogP contribution in [-0.2, 0) is 0 Å². The molecule has 1 aliphatic heterocycles. The van der Waals surface area contributed by atoms with E-state index in [0.29, 0.717) is 40.4 Å². The number of fused-ring (bicyclic) bond motifs is 1. The molecule has 4 heterocycles. The quantitative estimate of drug-likeness (QED) is 0.423. The molecule has 10 nitrogen and oxygen atoms in total. The Balaban J connectivity index is 1.47. The van der Waals surface area contributed by atoms with E-state index >= 15 is 0 Å². The summed E-state index contributed by atoms with van der Waals surface area (Å²) in [6.45, 7) is 1.82. The monoisotopic (exact) mass is 455 g/mol. The van der Waals surface area contributed by atoms with Crippen molar-refractivity contribution in [3.05, 3.63) is 54.5 Å². The molecule has 5 rings (SSSR count). The minimum absolute atomic E-state index is 0.325. The van der Waals surface area contributed by atoms with Gasteiger partial charge in [-0.3, -0.25) is 0 Å². The number of nitrogen functional groups attached to an aromatic ring is 1. The van der Waals surface area contributed by atoms with Crippen molar-refractivity contribution in [2.75, 3.05) is 50.2 Å². The molecule has 0 bridgehead atoms. The summed E-state index contributed by atoms with van der Waals surface area (Å²) < 4.78 is 7.38. The first-order valence-electron chi connectivity index (χ1n) is 10.8. The zero-order valence-corrected chi connectivity index (χ0v) is 19.2. The fraction of sp³-hybridized carbons (Fsp3) is 0.250. The van der Waals surface area contributed by atoms with Crippen LogP contribution in [0.2, 0.25) is 0 Å². The first kappa shape index (κ1) is 21.5. The standard InChI is InChI=1S/C24H25N9O/c1-31(2)16-13-32(14-16)21-9-22(34-3)19(8-18(21)26)29-24-27-11-15(10-25)23(30-24)17-12-28-33-7-5-4-6-20(17)33/h4-9,11-12,16H,13-14,26H2,1-3H3,(H,27,29,30). The Morgan fingerprint density at radius 2 is 2.06 bits per heavy atom. The van der Waals surface area contributed by atoms with Crippen LogP contribution in [0.4, 0.5) is 23.0 Å². The number of hydrogen-bond donors (Lipinski definition) is 2. The Morgan fingerprint density at radius 3 is 2.79 bits per heavy atom. The average Bonchev–Trinajstić information content (AvgIpc) is 3.23. The molecule has 3 N–H and O–H groups in total. The van der Waals surface area contributed by atoms with Crippen molar-refractivity contribution < 1.29 is 4.74 Å². The second-order valence-corrected chi connectivity index (χ2v) is 8.42. The maximum absolute atomic E-state index is 9.63. The van der Waals surface area contributed by atoms with E-state index in [-0.39, 0.29) is 0 Å². The lowest BCUT2D eigenvalue weighted by Crippen LogP contribution is -2.57. The maximum Gasteiger partial charge on any atom is 0.227 e. The SMILES string of the molecule is COc1cc(N2CC(N(C)C)C2)c(N)cc1Nc1ncc(C#N)c(-c2cnn3ccccc23)n1. The summed E-state index contributed by atoms with van der Waals surface area (Å²) in [6.07, 6.45) is 5.05. The number of aromatic nitrogens is 4. The fourth-order valence-electron chi connectivity index (χ4n) is 4.07. The Kier molecular flexibility index (Phi) is 5.39. The molecular weight excluding hydrogens is 430 g/mol. The van der Waals surface area contributed by atoms with Gasteiger partial charge in [-0.2, -0.15) is 10.4 Å². The molecule has 1 aromatic carbocycles. The highest BCUT2D eigenvalue weighted by molar-refractivity contribution is 5.82. The van der Waals surface area contributed by atoms with Crippen molar-refractivity contribution in [2.45, 2.75) is 6.04 Å². The van der Waals surface area contributed by atoms with Gasteiger partial charge in [-0.15, -0.1) is 0 Å². The fourth-order valence-corrected chi connectivity index (χ4v) is 4.07. The van der Waals surface area contributed by atoms with Gasteiger partial charge in [0.25, 0.3) is 0 Å². The highest BCUT2D eigenvalue weighted by Crippen LogP contribution is 2.38. The van der Waals surface area contributed by atoms with Gasteiger partial charge in [-0.25, -0.2) is 14.5 Å². The lowest BCUT2D eigenvalue weighted by molar-refractivity contribution is 0.247. The number of nitrogens with zero attached hydrogens (tertiary/aromatic N) is 7. The maximum atomic E-state index is 9.63. The largest absolute Gasteiger partial charge is 0.494 e. The molecule has 3 aromatic heterocycles. The zero-order valence-electron chi connectivity index (χ0n) is 19.2. The number of nitriles is 1. The third-order valence-corrected chi connectivity index (χ3v) is 6.12. The minimum atomic E-state index is 0.325. The summed E-state index contributed by atoms with van der Waals surface area (Å²) in [6, 6.07) is 12.2. The molecule has 1 aliphatic rings. The van der Waals surface area contributed by atoms with Crippen molar-refractivity contribution in [1.82, 2.24) is 24.5 Å². The second-order valence-electron chi connectivity index (χ2n) is 8.42. The van der Waals surface area contributed by atoms with Gasteiger partial charge in [-0.05, 0) is 32.3 Å². The topological polar surface area (TPSA) is 121 Å². The molecule has 0 atom stereocenters. The molecule has 0 unspecified atom stereocenters. The van der Waals surface area contributed by atoms with E-state index in [2.05, 4.69) is 50.3 Å². The van der Waals surface area contributed by atoms with Crippen LogP contribution >= 0.6 is 0 Å².